The quantitative estimate of drug-likeness (QED) is 0.167. The van der Waals surface area contributed by atoms with E-state index in [4.69, 9.17) is 0 Å². The lowest BCUT2D eigenvalue weighted by molar-refractivity contribution is 1.29. The first-order valence-corrected chi connectivity index (χ1v) is 17.9. The lowest BCUT2D eigenvalue weighted by Gasteiger charge is -2.26. The molecular weight excluding hydrogens is 623 g/mol. The first-order chi connectivity index (χ1) is 24.8. The summed E-state index contributed by atoms with van der Waals surface area (Å²) in [5.41, 5.74) is 8.25. The zero-order valence-corrected chi connectivity index (χ0v) is 28.1. The van der Waals surface area contributed by atoms with Crippen LogP contribution in [-0.4, -0.2) is 0 Å². The first-order valence-electron chi connectivity index (χ1n) is 17.1. The number of rotatable bonds is 5. The topological polar surface area (TPSA) is 3.24 Å². The monoisotopic (exact) mass is 653 g/mol. The van der Waals surface area contributed by atoms with Gasteiger partial charge >= 0.3 is 0 Å². The van der Waals surface area contributed by atoms with Gasteiger partial charge in [0, 0.05) is 37.2 Å². The maximum Gasteiger partial charge on any atom is 0.0476 e. The summed E-state index contributed by atoms with van der Waals surface area (Å²) in [6.07, 6.45) is 0. The van der Waals surface area contributed by atoms with E-state index < -0.39 is 0 Å². The third-order valence-corrected chi connectivity index (χ3v) is 11.1. The molecule has 0 fully saturated rings. The summed E-state index contributed by atoms with van der Waals surface area (Å²) < 4.78 is 2.61. The molecule has 50 heavy (non-hydrogen) atoms. The average Bonchev–Trinajstić information content (AvgIpc) is 3.56. The van der Waals surface area contributed by atoms with Crippen molar-refractivity contribution in [2.45, 2.75) is 0 Å². The summed E-state index contributed by atoms with van der Waals surface area (Å²) in [6.45, 7) is 0. The molecule has 0 atom stereocenters. The molecular formula is C48H31NS. The number of nitrogens with zero attached hydrogens (tertiary/aromatic N) is 1. The molecule has 0 amide bonds. The molecule has 0 saturated heterocycles. The van der Waals surface area contributed by atoms with Gasteiger partial charge in [-0.05, 0) is 109 Å². The summed E-state index contributed by atoms with van der Waals surface area (Å²) >= 11 is 1.86. The second kappa shape index (κ2) is 11.7. The van der Waals surface area contributed by atoms with Crippen molar-refractivity contribution in [1.29, 1.82) is 0 Å². The van der Waals surface area contributed by atoms with Crippen molar-refractivity contribution in [1.82, 2.24) is 0 Å². The zero-order valence-electron chi connectivity index (χ0n) is 27.3. The largest absolute Gasteiger partial charge is 0.310 e. The van der Waals surface area contributed by atoms with Crippen molar-refractivity contribution in [3.63, 3.8) is 0 Å². The molecule has 2 heteroatoms. The maximum absolute atomic E-state index is 2.40. The smallest absolute Gasteiger partial charge is 0.0476 e. The third kappa shape index (κ3) is 4.84. The molecule has 0 unspecified atom stereocenters. The summed E-state index contributed by atoms with van der Waals surface area (Å²) in [5.74, 6) is 0. The molecule has 0 aliphatic carbocycles. The van der Waals surface area contributed by atoms with Gasteiger partial charge in [-0.3, -0.25) is 0 Å². The third-order valence-electron chi connectivity index (χ3n) is 10.0. The number of benzene rings is 9. The Labute approximate surface area is 294 Å². The zero-order chi connectivity index (χ0) is 33.0. The van der Waals surface area contributed by atoms with Crippen molar-refractivity contribution in [3.05, 3.63) is 188 Å². The highest BCUT2D eigenvalue weighted by atomic mass is 32.1. The summed E-state index contributed by atoms with van der Waals surface area (Å²) in [7, 11) is 0. The van der Waals surface area contributed by atoms with E-state index in [-0.39, 0.29) is 0 Å². The van der Waals surface area contributed by atoms with Crippen molar-refractivity contribution >= 4 is 80.9 Å². The summed E-state index contributed by atoms with van der Waals surface area (Å²) in [5, 5.41) is 10.2. The fraction of sp³-hybridized carbons (Fsp3) is 0. The Hall–Kier alpha value is -6.22. The molecule has 0 aliphatic heterocycles. The van der Waals surface area contributed by atoms with Crippen LogP contribution in [-0.2, 0) is 0 Å². The van der Waals surface area contributed by atoms with Crippen molar-refractivity contribution in [3.8, 4) is 22.3 Å². The van der Waals surface area contributed by atoms with Gasteiger partial charge in [0.25, 0.3) is 0 Å². The average molecular weight is 654 g/mol. The molecule has 9 aromatic carbocycles. The van der Waals surface area contributed by atoms with Crippen LogP contribution in [0.5, 0.6) is 0 Å². The van der Waals surface area contributed by atoms with Gasteiger partial charge in [-0.15, -0.1) is 11.3 Å². The SMILES string of the molecule is c1cc(-c2cc3ccccc3c3ccccc23)cc(N(c2ccc(-c3ccc4ccccc4c3)cc2)c2ccc3c(c2)sc2ccccc23)c1. The van der Waals surface area contributed by atoms with E-state index in [0.717, 1.165) is 17.1 Å². The molecule has 0 saturated carbocycles. The number of anilines is 3. The minimum Gasteiger partial charge on any atom is -0.310 e. The predicted octanol–water partition coefficient (Wildman–Crippen LogP) is 14.3. The fourth-order valence-electron chi connectivity index (χ4n) is 7.58. The Morgan fingerprint density at radius 2 is 0.940 bits per heavy atom. The lowest BCUT2D eigenvalue weighted by atomic mass is 9.93. The van der Waals surface area contributed by atoms with Gasteiger partial charge in [-0.1, -0.05) is 133 Å². The van der Waals surface area contributed by atoms with E-state index in [1.165, 1.54) is 74.7 Å². The lowest BCUT2D eigenvalue weighted by Crippen LogP contribution is -2.10. The number of hydrogen-bond acceptors (Lipinski definition) is 2. The van der Waals surface area contributed by atoms with Crippen LogP contribution in [0.4, 0.5) is 17.1 Å². The molecule has 0 aliphatic rings. The van der Waals surface area contributed by atoms with Gasteiger partial charge in [0.1, 0.15) is 0 Å². The normalized spacial score (nSPS) is 11.6. The molecule has 234 valence electrons. The van der Waals surface area contributed by atoms with Crippen molar-refractivity contribution < 1.29 is 0 Å². The minimum atomic E-state index is 1.12. The van der Waals surface area contributed by atoms with E-state index in [1.54, 1.807) is 0 Å². The van der Waals surface area contributed by atoms with E-state index in [0.29, 0.717) is 0 Å². The van der Waals surface area contributed by atoms with E-state index in [9.17, 15) is 0 Å². The fourth-order valence-corrected chi connectivity index (χ4v) is 8.72. The molecule has 10 rings (SSSR count). The summed E-state index contributed by atoms with van der Waals surface area (Å²) in [4.78, 5) is 2.40. The van der Waals surface area contributed by atoms with Gasteiger partial charge in [0.15, 0.2) is 0 Å². The number of fused-ring (bicyclic) bond motifs is 7. The van der Waals surface area contributed by atoms with Crippen LogP contribution in [0.1, 0.15) is 0 Å². The number of hydrogen-bond donors (Lipinski definition) is 0. The van der Waals surface area contributed by atoms with E-state index in [2.05, 4.69) is 193 Å². The van der Waals surface area contributed by atoms with E-state index in [1.807, 2.05) is 11.3 Å². The van der Waals surface area contributed by atoms with Crippen molar-refractivity contribution in [2.24, 2.45) is 0 Å². The molecule has 1 nitrogen and oxygen atoms in total. The molecule has 0 spiro atoms. The van der Waals surface area contributed by atoms with Crippen LogP contribution in [0.25, 0.3) is 74.7 Å². The van der Waals surface area contributed by atoms with Gasteiger partial charge in [0.2, 0.25) is 0 Å². The van der Waals surface area contributed by atoms with Gasteiger partial charge in [0.05, 0.1) is 0 Å². The van der Waals surface area contributed by atoms with Gasteiger partial charge < -0.3 is 4.90 Å². The molecule has 0 radical (unpaired) electrons. The Balaban J connectivity index is 1.13. The van der Waals surface area contributed by atoms with Crippen LogP contribution in [0.2, 0.25) is 0 Å². The van der Waals surface area contributed by atoms with Crippen LogP contribution >= 0.6 is 11.3 Å². The second-order valence-electron chi connectivity index (χ2n) is 13.0. The second-order valence-corrected chi connectivity index (χ2v) is 14.0. The van der Waals surface area contributed by atoms with Crippen LogP contribution < -0.4 is 4.90 Å². The summed E-state index contributed by atoms with van der Waals surface area (Å²) in [6, 6.07) is 68.8. The van der Waals surface area contributed by atoms with Gasteiger partial charge in [-0.25, -0.2) is 0 Å². The van der Waals surface area contributed by atoms with Crippen molar-refractivity contribution in [2.75, 3.05) is 4.90 Å². The Morgan fingerprint density at radius 1 is 0.300 bits per heavy atom. The van der Waals surface area contributed by atoms with E-state index >= 15 is 0 Å². The highest BCUT2D eigenvalue weighted by Gasteiger charge is 2.17. The highest BCUT2D eigenvalue weighted by molar-refractivity contribution is 7.25. The Bertz CT molecular complexity index is 2880. The Kier molecular flexibility index (Phi) is 6.75. The predicted molar refractivity (Wildman–Crippen MR) is 217 cm³/mol. The van der Waals surface area contributed by atoms with Crippen LogP contribution in [0.3, 0.4) is 0 Å². The molecule has 0 N–H and O–H groups in total. The minimum absolute atomic E-state index is 1.12. The number of thiophene rings is 1. The van der Waals surface area contributed by atoms with Gasteiger partial charge in [-0.2, -0.15) is 0 Å². The van der Waals surface area contributed by atoms with Crippen LogP contribution in [0.15, 0.2) is 188 Å². The van der Waals surface area contributed by atoms with Crippen LogP contribution in [0, 0.1) is 0 Å². The maximum atomic E-state index is 2.40. The highest BCUT2D eigenvalue weighted by Crippen LogP contribution is 2.43. The molecule has 1 heterocycles. The first kappa shape index (κ1) is 28.8. The Morgan fingerprint density at radius 3 is 1.80 bits per heavy atom. The molecule has 10 aromatic rings. The molecule has 0 bridgehead atoms. The standard InChI is InChI=1S/C48H31NS/c1-2-11-34-28-35(21-20-32(34)10-1)33-22-24-38(25-23-33)49(40-26-27-45-44-18-7-8-19-47(44)50-48(45)31-40)39-14-9-13-36(29-39)46-30-37-12-3-4-15-41(37)42-16-5-6-17-43(42)46/h1-31H. The molecule has 1 aromatic heterocycles.